The molecule has 1 aromatic heterocycles. The Morgan fingerprint density at radius 2 is 2.00 bits per heavy atom. The molecule has 1 aliphatic carbocycles. The number of nitrogens with one attached hydrogen (secondary N) is 1. The molecule has 1 aliphatic heterocycles. The summed E-state index contributed by atoms with van der Waals surface area (Å²) in [5.74, 6) is 1.15. The standard InChI is InChI=1S/C17H27N3O/c1-3-14-10-13(12-18-15-4-5-15)11-17(19-14)20-8-6-16(21-2)7-9-20/h10-11,15-16,18H,3-9,12H2,1-2H3. The lowest BCUT2D eigenvalue weighted by Gasteiger charge is -2.32. The SMILES string of the molecule is CCc1cc(CNC2CC2)cc(N2CCC(OC)CC2)n1. The first kappa shape index (κ1) is 14.8. The smallest absolute Gasteiger partial charge is 0.129 e. The van der Waals surface area contributed by atoms with Crippen LogP contribution in [-0.2, 0) is 17.7 Å². The lowest BCUT2D eigenvalue weighted by Crippen LogP contribution is -2.37. The summed E-state index contributed by atoms with van der Waals surface area (Å²) in [5.41, 5.74) is 2.58. The van der Waals surface area contributed by atoms with Gasteiger partial charge in [-0.25, -0.2) is 4.98 Å². The quantitative estimate of drug-likeness (QED) is 0.873. The lowest BCUT2D eigenvalue weighted by atomic mass is 10.1. The van der Waals surface area contributed by atoms with E-state index in [9.17, 15) is 0 Å². The van der Waals surface area contributed by atoms with E-state index in [1.54, 1.807) is 0 Å². The van der Waals surface area contributed by atoms with E-state index in [1.165, 1.54) is 24.1 Å². The van der Waals surface area contributed by atoms with E-state index in [1.807, 2.05) is 7.11 Å². The van der Waals surface area contributed by atoms with E-state index >= 15 is 0 Å². The fourth-order valence-electron chi connectivity index (χ4n) is 2.95. The van der Waals surface area contributed by atoms with Crippen molar-refractivity contribution in [1.29, 1.82) is 0 Å². The molecular weight excluding hydrogens is 262 g/mol. The first-order chi connectivity index (χ1) is 10.3. The first-order valence-corrected chi connectivity index (χ1v) is 8.29. The van der Waals surface area contributed by atoms with Gasteiger partial charge in [-0.15, -0.1) is 0 Å². The van der Waals surface area contributed by atoms with Gasteiger partial charge < -0.3 is 15.0 Å². The summed E-state index contributed by atoms with van der Waals surface area (Å²) in [5, 5.41) is 3.60. The topological polar surface area (TPSA) is 37.4 Å². The van der Waals surface area contributed by atoms with Gasteiger partial charge in [0.05, 0.1) is 6.10 Å². The fourth-order valence-corrected chi connectivity index (χ4v) is 2.95. The maximum absolute atomic E-state index is 5.46. The zero-order valence-corrected chi connectivity index (χ0v) is 13.3. The molecule has 4 nitrogen and oxygen atoms in total. The molecule has 1 saturated carbocycles. The van der Waals surface area contributed by atoms with Crippen LogP contribution in [0.2, 0.25) is 0 Å². The van der Waals surface area contributed by atoms with Gasteiger partial charge in [-0.2, -0.15) is 0 Å². The molecule has 0 amide bonds. The Hall–Kier alpha value is -1.13. The molecule has 0 spiro atoms. The highest BCUT2D eigenvalue weighted by Gasteiger charge is 2.22. The minimum atomic E-state index is 0.423. The zero-order chi connectivity index (χ0) is 14.7. The van der Waals surface area contributed by atoms with Crippen molar-refractivity contribution in [3.05, 3.63) is 23.4 Å². The van der Waals surface area contributed by atoms with Gasteiger partial charge in [-0.3, -0.25) is 0 Å². The highest BCUT2D eigenvalue weighted by molar-refractivity contribution is 5.43. The van der Waals surface area contributed by atoms with Gasteiger partial charge >= 0.3 is 0 Å². The third-order valence-electron chi connectivity index (χ3n) is 4.56. The fraction of sp³-hybridized carbons (Fsp3) is 0.706. The van der Waals surface area contributed by atoms with Crippen molar-refractivity contribution in [2.45, 2.75) is 57.7 Å². The van der Waals surface area contributed by atoms with E-state index < -0.39 is 0 Å². The average molecular weight is 289 g/mol. The van der Waals surface area contributed by atoms with Crippen LogP contribution in [0, 0.1) is 0 Å². The molecule has 0 unspecified atom stereocenters. The van der Waals surface area contributed by atoms with Crippen LogP contribution in [0.3, 0.4) is 0 Å². The predicted molar refractivity (Wildman–Crippen MR) is 85.7 cm³/mol. The van der Waals surface area contributed by atoms with E-state index in [4.69, 9.17) is 9.72 Å². The molecule has 116 valence electrons. The Morgan fingerprint density at radius 3 is 2.62 bits per heavy atom. The summed E-state index contributed by atoms with van der Waals surface area (Å²) >= 11 is 0. The number of nitrogens with zero attached hydrogens (tertiary/aromatic N) is 2. The summed E-state index contributed by atoms with van der Waals surface area (Å²) in [4.78, 5) is 7.24. The van der Waals surface area contributed by atoms with Crippen molar-refractivity contribution in [2.75, 3.05) is 25.1 Å². The second-order valence-corrected chi connectivity index (χ2v) is 6.26. The van der Waals surface area contributed by atoms with Crippen molar-refractivity contribution in [3.63, 3.8) is 0 Å². The second-order valence-electron chi connectivity index (χ2n) is 6.26. The van der Waals surface area contributed by atoms with Gasteiger partial charge in [0.2, 0.25) is 0 Å². The van der Waals surface area contributed by atoms with E-state index in [2.05, 4.69) is 29.3 Å². The molecule has 0 aromatic carbocycles. The molecule has 21 heavy (non-hydrogen) atoms. The van der Waals surface area contributed by atoms with Crippen LogP contribution < -0.4 is 10.2 Å². The van der Waals surface area contributed by atoms with Crippen LogP contribution in [0.5, 0.6) is 0 Å². The molecule has 1 N–H and O–H groups in total. The van der Waals surface area contributed by atoms with Gasteiger partial charge in [0, 0.05) is 38.5 Å². The Morgan fingerprint density at radius 1 is 1.24 bits per heavy atom. The van der Waals surface area contributed by atoms with Crippen LogP contribution in [0.15, 0.2) is 12.1 Å². The van der Waals surface area contributed by atoms with Crippen molar-refractivity contribution < 1.29 is 4.74 Å². The van der Waals surface area contributed by atoms with Crippen LogP contribution >= 0.6 is 0 Å². The number of hydrogen-bond acceptors (Lipinski definition) is 4. The predicted octanol–water partition coefficient (Wildman–Crippen LogP) is 2.51. The van der Waals surface area contributed by atoms with Gasteiger partial charge in [-0.05, 0) is 49.8 Å². The lowest BCUT2D eigenvalue weighted by molar-refractivity contribution is 0.0818. The van der Waals surface area contributed by atoms with Crippen molar-refractivity contribution in [2.24, 2.45) is 0 Å². The van der Waals surface area contributed by atoms with Gasteiger partial charge in [0.1, 0.15) is 5.82 Å². The van der Waals surface area contributed by atoms with Crippen molar-refractivity contribution in [3.8, 4) is 0 Å². The molecule has 3 rings (SSSR count). The molecule has 0 bridgehead atoms. The number of aromatic nitrogens is 1. The highest BCUT2D eigenvalue weighted by Crippen LogP contribution is 2.23. The number of anilines is 1. The van der Waals surface area contributed by atoms with E-state index in [0.717, 1.165) is 50.8 Å². The van der Waals surface area contributed by atoms with Gasteiger partial charge in [0.25, 0.3) is 0 Å². The highest BCUT2D eigenvalue weighted by atomic mass is 16.5. The third kappa shape index (κ3) is 3.95. The number of hydrogen-bond donors (Lipinski definition) is 1. The second kappa shape index (κ2) is 6.75. The monoisotopic (exact) mass is 289 g/mol. The van der Waals surface area contributed by atoms with Crippen LogP contribution in [-0.4, -0.2) is 37.3 Å². The normalized spacial score (nSPS) is 20.0. The number of rotatable bonds is 6. The van der Waals surface area contributed by atoms with Crippen molar-refractivity contribution >= 4 is 5.82 Å². The zero-order valence-electron chi connectivity index (χ0n) is 13.3. The molecule has 2 fully saturated rings. The molecule has 1 aromatic rings. The molecular formula is C17H27N3O. The minimum absolute atomic E-state index is 0.423. The van der Waals surface area contributed by atoms with Crippen LogP contribution in [0.4, 0.5) is 5.82 Å². The largest absolute Gasteiger partial charge is 0.381 e. The van der Waals surface area contributed by atoms with E-state index in [-0.39, 0.29) is 0 Å². The maximum atomic E-state index is 5.46. The van der Waals surface area contributed by atoms with Crippen LogP contribution in [0.25, 0.3) is 0 Å². The Labute approximate surface area is 127 Å². The summed E-state index contributed by atoms with van der Waals surface area (Å²) in [7, 11) is 1.82. The average Bonchev–Trinajstić information content (AvgIpc) is 3.37. The summed E-state index contributed by atoms with van der Waals surface area (Å²) < 4.78 is 5.46. The molecule has 1 saturated heterocycles. The Kier molecular flexibility index (Phi) is 4.76. The number of aryl methyl sites for hydroxylation is 1. The Balaban J connectivity index is 1.69. The number of pyridine rings is 1. The summed E-state index contributed by atoms with van der Waals surface area (Å²) in [6, 6.07) is 5.27. The van der Waals surface area contributed by atoms with Gasteiger partial charge in [-0.1, -0.05) is 6.92 Å². The third-order valence-corrected chi connectivity index (χ3v) is 4.56. The van der Waals surface area contributed by atoms with Gasteiger partial charge in [0.15, 0.2) is 0 Å². The number of piperidine rings is 1. The Bertz CT molecular complexity index is 465. The first-order valence-electron chi connectivity index (χ1n) is 8.29. The minimum Gasteiger partial charge on any atom is -0.381 e. The van der Waals surface area contributed by atoms with E-state index in [0.29, 0.717) is 6.10 Å². The summed E-state index contributed by atoms with van der Waals surface area (Å²) in [6.07, 6.45) is 6.30. The summed E-state index contributed by atoms with van der Waals surface area (Å²) in [6.45, 7) is 5.26. The molecule has 0 radical (unpaired) electrons. The maximum Gasteiger partial charge on any atom is 0.129 e. The molecule has 2 aliphatic rings. The number of ether oxygens (including phenoxy) is 1. The van der Waals surface area contributed by atoms with Crippen molar-refractivity contribution in [1.82, 2.24) is 10.3 Å². The molecule has 4 heteroatoms. The van der Waals surface area contributed by atoms with Crippen LogP contribution in [0.1, 0.15) is 43.9 Å². The molecule has 2 heterocycles. The molecule has 0 atom stereocenters. The number of methoxy groups -OCH3 is 1.